The van der Waals surface area contributed by atoms with E-state index in [0.717, 1.165) is 5.92 Å². The Morgan fingerprint density at radius 1 is 1.08 bits per heavy atom. The summed E-state index contributed by atoms with van der Waals surface area (Å²) >= 11 is 0. The van der Waals surface area contributed by atoms with Crippen LogP contribution in [0.4, 0.5) is 0 Å². The van der Waals surface area contributed by atoms with E-state index >= 15 is 0 Å². The largest absolute Gasteiger partial charge is 0.375 e. The Kier molecular flexibility index (Phi) is 25.6. The summed E-state index contributed by atoms with van der Waals surface area (Å²) in [5.41, 5.74) is 1.25. The van der Waals surface area contributed by atoms with Gasteiger partial charge < -0.3 is 4.90 Å². The second-order valence-electron chi connectivity index (χ2n) is 5.92. The molecule has 1 saturated heterocycles. The lowest BCUT2D eigenvalue weighted by Crippen LogP contribution is -2.33. The molecule has 0 saturated carbocycles. The van der Waals surface area contributed by atoms with Gasteiger partial charge in [0.05, 0.1) is 0 Å². The number of unbranched alkanes of at least 4 members (excludes halogenated alkanes) is 2. The minimum absolute atomic E-state index is 0.427. The standard InChI is InChI=1S/C14H23N.C5H12.2C2H6/c1-5-6-7-13(3)14(4)15-10-8-12(2)9-11-15;1-3-5-4-2;2*1-2/h5-7,12-13H,1,4,8-11H2,2-3H3;3-5H2,1-2H3;2*1-2H3/b7-6-;;;. The molecule has 1 unspecified atom stereocenters. The van der Waals surface area contributed by atoms with Gasteiger partial charge in [-0.3, -0.25) is 0 Å². The summed E-state index contributed by atoms with van der Waals surface area (Å²) in [5.74, 6) is 1.31. The highest BCUT2D eigenvalue weighted by atomic mass is 15.1. The maximum atomic E-state index is 4.20. The van der Waals surface area contributed by atoms with Crippen LogP contribution in [0.5, 0.6) is 0 Å². The normalized spacial score (nSPS) is 15.1. The first kappa shape index (κ1) is 27.8. The van der Waals surface area contributed by atoms with E-state index in [1.807, 2.05) is 39.8 Å². The maximum absolute atomic E-state index is 4.20. The molecule has 144 valence electrons. The predicted octanol–water partition coefficient (Wildman–Crippen LogP) is 7.86. The van der Waals surface area contributed by atoms with Crippen molar-refractivity contribution in [3.8, 4) is 0 Å². The highest BCUT2D eigenvalue weighted by Crippen LogP contribution is 2.23. The molecule has 0 aromatic rings. The second kappa shape index (κ2) is 22.0. The molecule has 1 fully saturated rings. The summed E-state index contributed by atoms with van der Waals surface area (Å²) in [6, 6.07) is 0. The predicted molar refractivity (Wildman–Crippen MR) is 116 cm³/mol. The Morgan fingerprint density at radius 3 is 1.88 bits per heavy atom. The van der Waals surface area contributed by atoms with E-state index in [1.54, 1.807) is 0 Å². The molecule has 1 atom stereocenters. The smallest absolute Gasteiger partial charge is 0.0177 e. The van der Waals surface area contributed by atoms with Gasteiger partial charge >= 0.3 is 0 Å². The summed E-state index contributed by atoms with van der Waals surface area (Å²) in [5, 5.41) is 0. The van der Waals surface area contributed by atoms with Gasteiger partial charge in [0.25, 0.3) is 0 Å². The Bertz CT molecular complexity index is 280. The van der Waals surface area contributed by atoms with Crippen LogP contribution in [0.15, 0.2) is 37.1 Å². The molecular formula is C23H47N. The van der Waals surface area contributed by atoms with E-state index in [4.69, 9.17) is 0 Å². The Morgan fingerprint density at radius 2 is 1.54 bits per heavy atom. The van der Waals surface area contributed by atoms with Crippen molar-refractivity contribution in [2.45, 2.75) is 87.5 Å². The van der Waals surface area contributed by atoms with Gasteiger partial charge in [-0.2, -0.15) is 0 Å². The number of hydrogen-bond acceptors (Lipinski definition) is 1. The second-order valence-corrected chi connectivity index (χ2v) is 5.92. The van der Waals surface area contributed by atoms with Crippen molar-refractivity contribution in [3.63, 3.8) is 0 Å². The van der Waals surface area contributed by atoms with Gasteiger partial charge in [-0.25, -0.2) is 0 Å². The van der Waals surface area contributed by atoms with Gasteiger partial charge in [0.15, 0.2) is 0 Å². The van der Waals surface area contributed by atoms with E-state index in [-0.39, 0.29) is 0 Å². The molecular weight excluding hydrogens is 290 g/mol. The van der Waals surface area contributed by atoms with Crippen LogP contribution in [0.1, 0.15) is 87.5 Å². The average molecular weight is 338 g/mol. The van der Waals surface area contributed by atoms with Crippen LogP contribution in [-0.4, -0.2) is 18.0 Å². The molecule has 1 aliphatic heterocycles. The first-order valence-electron chi connectivity index (χ1n) is 10.3. The number of piperidine rings is 1. The van der Waals surface area contributed by atoms with Gasteiger partial charge in [0.1, 0.15) is 0 Å². The molecule has 1 nitrogen and oxygen atoms in total. The van der Waals surface area contributed by atoms with Crippen molar-refractivity contribution in [3.05, 3.63) is 37.1 Å². The number of hydrogen-bond donors (Lipinski definition) is 0. The van der Waals surface area contributed by atoms with Gasteiger partial charge in [0, 0.05) is 24.7 Å². The van der Waals surface area contributed by atoms with Crippen LogP contribution in [-0.2, 0) is 0 Å². The zero-order valence-corrected chi connectivity index (χ0v) is 18.2. The average Bonchev–Trinajstić information content (AvgIpc) is 2.64. The minimum Gasteiger partial charge on any atom is -0.375 e. The summed E-state index contributed by atoms with van der Waals surface area (Å²) < 4.78 is 0. The van der Waals surface area contributed by atoms with Crippen LogP contribution >= 0.6 is 0 Å². The first-order chi connectivity index (χ1) is 11.6. The van der Waals surface area contributed by atoms with Crippen LogP contribution in [0.25, 0.3) is 0 Å². The number of nitrogens with zero attached hydrogens (tertiary/aromatic N) is 1. The van der Waals surface area contributed by atoms with Crippen LogP contribution < -0.4 is 0 Å². The van der Waals surface area contributed by atoms with E-state index in [2.05, 4.69) is 51.8 Å². The lowest BCUT2D eigenvalue weighted by molar-refractivity contribution is 0.225. The molecule has 24 heavy (non-hydrogen) atoms. The molecule has 0 N–H and O–H groups in total. The highest BCUT2D eigenvalue weighted by molar-refractivity contribution is 5.11. The maximum Gasteiger partial charge on any atom is 0.0177 e. The van der Waals surface area contributed by atoms with Crippen molar-refractivity contribution >= 4 is 0 Å². The van der Waals surface area contributed by atoms with Crippen molar-refractivity contribution in [1.29, 1.82) is 0 Å². The topological polar surface area (TPSA) is 3.24 Å². The highest BCUT2D eigenvalue weighted by Gasteiger charge is 2.18. The summed E-state index contributed by atoms with van der Waals surface area (Å²) in [6.07, 6.45) is 12.7. The molecule has 1 rings (SSSR count). The molecule has 0 aromatic carbocycles. The van der Waals surface area contributed by atoms with Crippen LogP contribution in [0, 0.1) is 11.8 Å². The van der Waals surface area contributed by atoms with Gasteiger partial charge in [0.2, 0.25) is 0 Å². The third-order valence-corrected chi connectivity index (χ3v) is 3.96. The molecule has 1 heterocycles. The fourth-order valence-corrected chi connectivity index (χ4v) is 2.29. The first-order valence-corrected chi connectivity index (χ1v) is 10.3. The molecule has 0 amide bonds. The van der Waals surface area contributed by atoms with E-state index in [1.165, 1.54) is 50.9 Å². The summed E-state index contributed by atoms with van der Waals surface area (Å²) in [7, 11) is 0. The Balaban J connectivity index is -0.000000413. The lowest BCUT2D eigenvalue weighted by Gasteiger charge is -2.35. The van der Waals surface area contributed by atoms with Gasteiger partial charge in [-0.1, -0.05) is 106 Å². The molecule has 1 heteroatoms. The van der Waals surface area contributed by atoms with Crippen LogP contribution in [0.3, 0.4) is 0 Å². The van der Waals surface area contributed by atoms with Crippen molar-refractivity contribution in [2.24, 2.45) is 11.8 Å². The molecule has 0 aliphatic carbocycles. The molecule has 0 aromatic heterocycles. The fraction of sp³-hybridized carbons (Fsp3) is 0.739. The zero-order chi connectivity index (χ0) is 19.4. The lowest BCUT2D eigenvalue weighted by atomic mass is 9.97. The monoisotopic (exact) mass is 337 g/mol. The van der Waals surface area contributed by atoms with Crippen LogP contribution in [0.2, 0.25) is 0 Å². The third kappa shape index (κ3) is 15.9. The van der Waals surface area contributed by atoms with Crippen molar-refractivity contribution < 1.29 is 0 Å². The number of rotatable bonds is 6. The Hall–Kier alpha value is -0.980. The quantitative estimate of drug-likeness (QED) is 0.446. The van der Waals surface area contributed by atoms with E-state index in [0.29, 0.717) is 5.92 Å². The van der Waals surface area contributed by atoms with E-state index < -0.39 is 0 Å². The molecule has 0 radical (unpaired) electrons. The Labute approximate surface area is 154 Å². The molecule has 0 bridgehead atoms. The van der Waals surface area contributed by atoms with Gasteiger partial charge in [-0.15, -0.1) is 0 Å². The number of likely N-dealkylation sites (tertiary alicyclic amines) is 1. The molecule has 0 spiro atoms. The zero-order valence-electron chi connectivity index (χ0n) is 18.2. The summed E-state index contributed by atoms with van der Waals surface area (Å²) in [4.78, 5) is 2.43. The molecule has 1 aliphatic rings. The fourth-order valence-electron chi connectivity index (χ4n) is 2.29. The van der Waals surface area contributed by atoms with Crippen molar-refractivity contribution in [2.75, 3.05) is 13.1 Å². The van der Waals surface area contributed by atoms with Crippen molar-refractivity contribution in [1.82, 2.24) is 4.90 Å². The third-order valence-electron chi connectivity index (χ3n) is 3.96. The van der Waals surface area contributed by atoms with Gasteiger partial charge in [-0.05, 0) is 18.8 Å². The minimum atomic E-state index is 0.427. The van der Waals surface area contributed by atoms with E-state index in [9.17, 15) is 0 Å². The SMILES string of the molecule is C=C/C=C\C(C)C(=C)N1CCC(C)CC1.CC.CC.CCCCC. The summed E-state index contributed by atoms with van der Waals surface area (Å²) in [6.45, 7) is 27.2. The number of allylic oxidation sites excluding steroid dienone is 3.